The maximum Gasteiger partial charge on any atom is 0.326 e. The SMILES string of the molecule is CC(=O)N1CCN(C(=O)COC(=O)CN2C(=O)Cc3ccccc3C2=O)CC1. The van der Waals surface area contributed by atoms with E-state index in [4.69, 9.17) is 4.74 Å². The molecule has 0 radical (unpaired) electrons. The molecule has 4 amide bonds. The fraction of sp³-hybridized carbons (Fsp3) is 0.421. The number of benzene rings is 1. The highest BCUT2D eigenvalue weighted by Crippen LogP contribution is 2.19. The third-order valence-corrected chi connectivity index (χ3v) is 4.86. The third kappa shape index (κ3) is 4.19. The van der Waals surface area contributed by atoms with Crippen molar-refractivity contribution in [2.75, 3.05) is 39.3 Å². The summed E-state index contributed by atoms with van der Waals surface area (Å²) < 4.78 is 4.96. The van der Waals surface area contributed by atoms with E-state index < -0.39 is 30.9 Å². The highest BCUT2D eigenvalue weighted by atomic mass is 16.5. The summed E-state index contributed by atoms with van der Waals surface area (Å²) in [6.07, 6.45) is 0.0363. The van der Waals surface area contributed by atoms with Crippen molar-refractivity contribution in [3.8, 4) is 0 Å². The summed E-state index contributed by atoms with van der Waals surface area (Å²) in [5.41, 5.74) is 1.01. The molecule has 0 spiro atoms. The number of ether oxygens (including phenoxy) is 1. The molecule has 0 aliphatic carbocycles. The summed E-state index contributed by atoms with van der Waals surface area (Å²) in [5.74, 6) is -2.27. The van der Waals surface area contributed by atoms with Gasteiger partial charge in [0.15, 0.2) is 6.61 Å². The number of hydrogen-bond donors (Lipinski definition) is 0. The molecule has 0 N–H and O–H groups in total. The summed E-state index contributed by atoms with van der Waals surface area (Å²) in [7, 11) is 0. The van der Waals surface area contributed by atoms with E-state index in [1.165, 1.54) is 11.8 Å². The second kappa shape index (κ2) is 8.20. The number of nitrogens with zero attached hydrogens (tertiary/aromatic N) is 3. The summed E-state index contributed by atoms with van der Waals surface area (Å²) >= 11 is 0. The fourth-order valence-corrected chi connectivity index (χ4v) is 3.24. The van der Waals surface area contributed by atoms with Crippen molar-refractivity contribution in [3.63, 3.8) is 0 Å². The lowest BCUT2D eigenvalue weighted by Crippen LogP contribution is -2.51. The molecule has 0 atom stereocenters. The molecule has 148 valence electrons. The topological polar surface area (TPSA) is 104 Å². The van der Waals surface area contributed by atoms with Crippen LogP contribution in [0.5, 0.6) is 0 Å². The summed E-state index contributed by atoms with van der Waals surface area (Å²) in [6.45, 7) is 2.09. The monoisotopic (exact) mass is 387 g/mol. The van der Waals surface area contributed by atoms with Crippen LogP contribution in [0.1, 0.15) is 22.8 Å². The van der Waals surface area contributed by atoms with E-state index in [1.807, 2.05) is 0 Å². The first-order valence-corrected chi connectivity index (χ1v) is 8.98. The number of hydrogen-bond acceptors (Lipinski definition) is 6. The molecule has 0 unspecified atom stereocenters. The Bertz CT molecular complexity index is 829. The number of fused-ring (bicyclic) bond motifs is 1. The minimum absolute atomic E-state index is 0.0363. The van der Waals surface area contributed by atoms with Crippen molar-refractivity contribution in [2.24, 2.45) is 0 Å². The molecule has 0 saturated carbocycles. The van der Waals surface area contributed by atoms with Crippen molar-refractivity contribution in [2.45, 2.75) is 13.3 Å². The minimum atomic E-state index is -0.822. The quantitative estimate of drug-likeness (QED) is 0.507. The second-order valence-corrected chi connectivity index (χ2v) is 6.67. The molecule has 1 saturated heterocycles. The van der Waals surface area contributed by atoms with Crippen LogP contribution in [0, 0.1) is 0 Å². The Balaban J connectivity index is 1.49. The number of amides is 4. The summed E-state index contributed by atoms with van der Waals surface area (Å²) in [6, 6.07) is 6.73. The van der Waals surface area contributed by atoms with Gasteiger partial charge in [0.25, 0.3) is 11.8 Å². The number of imide groups is 1. The standard InChI is InChI=1S/C19H21N3O6/c1-13(23)20-6-8-21(9-7-20)17(25)12-28-18(26)11-22-16(24)10-14-4-2-3-5-15(14)19(22)27/h2-5H,6-12H2,1H3. The first-order valence-electron chi connectivity index (χ1n) is 8.98. The number of rotatable bonds is 4. The van der Waals surface area contributed by atoms with Gasteiger partial charge in [0.1, 0.15) is 6.54 Å². The summed E-state index contributed by atoms with van der Waals surface area (Å²) in [4.78, 5) is 64.1. The van der Waals surface area contributed by atoms with Gasteiger partial charge in [-0.3, -0.25) is 28.9 Å². The number of esters is 1. The first kappa shape index (κ1) is 19.5. The predicted octanol–water partition coefficient (Wildman–Crippen LogP) is -0.555. The molecule has 1 fully saturated rings. The Labute approximate surface area is 161 Å². The maximum absolute atomic E-state index is 12.4. The number of carbonyl (C=O) groups excluding carboxylic acids is 5. The van der Waals surface area contributed by atoms with E-state index in [1.54, 1.807) is 29.2 Å². The zero-order valence-corrected chi connectivity index (χ0v) is 15.6. The Kier molecular flexibility index (Phi) is 5.72. The van der Waals surface area contributed by atoms with Crippen LogP contribution in [0.4, 0.5) is 0 Å². The maximum atomic E-state index is 12.4. The van der Waals surface area contributed by atoms with E-state index in [0.29, 0.717) is 37.3 Å². The van der Waals surface area contributed by atoms with Gasteiger partial charge in [0, 0.05) is 38.7 Å². The van der Waals surface area contributed by atoms with Crippen LogP contribution in [0.2, 0.25) is 0 Å². The summed E-state index contributed by atoms with van der Waals surface area (Å²) in [5, 5.41) is 0. The number of piperazine rings is 1. The zero-order valence-electron chi connectivity index (χ0n) is 15.6. The average molecular weight is 387 g/mol. The second-order valence-electron chi connectivity index (χ2n) is 6.67. The molecule has 1 aromatic carbocycles. The molecule has 9 nitrogen and oxygen atoms in total. The molecule has 0 bridgehead atoms. The minimum Gasteiger partial charge on any atom is -0.454 e. The van der Waals surface area contributed by atoms with E-state index in [9.17, 15) is 24.0 Å². The van der Waals surface area contributed by atoms with Gasteiger partial charge in [-0.25, -0.2) is 0 Å². The molecular formula is C19H21N3O6. The van der Waals surface area contributed by atoms with E-state index in [0.717, 1.165) is 4.90 Å². The van der Waals surface area contributed by atoms with Gasteiger partial charge in [-0.05, 0) is 11.6 Å². The van der Waals surface area contributed by atoms with Crippen LogP contribution in [0.25, 0.3) is 0 Å². The third-order valence-electron chi connectivity index (χ3n) is 4.86. The van der Waals surface area contributed by atoms with Crippen LogP contribution < -0.4 is 0 Å². The largest absolute Gasteiger partial charge is 0.454 e. The van der Waals surface area contributed by atoms with E-state index >= 15 is 0 Å². The molecule has 2 heterocycles. The Morgan fingerprint density at radius 2 is 1.64 bits per heavy atom. The van der Waals surface area contributed by atoms with Crippen molar-refractivity contribution in [1.82, 2.24) is 14.7 Å². The van der Waals surface area contributed by atoms with Crippen LogP contribution in [-0.2, 0) is 30.3 Å². The van der Waals surface area contributed by atoms with Crippen molar-refractivity contribution in [3.05, 3.63) is 35.4 Å². The Morgan fingerprint density at radius 3 is 2.32 bits per heavy atom. The van der Waals surface area contributed by atoms with Gasteiger partial charge in [-0.15, -0.1) is 0 Å². The Hall–Kier alpha value is -3.23. The van der Waals surface area contributed by atoms with Crippen LogP contribution in [0.3, 0.4) is 0 Å². The predicted molar refractivity (Wildman–Crippen MR) is 96.0 cm³/mol. The van der Waals surface area contributed by atoms with Gasteiger partial charge in [0.05, 0.1) is 6.42 Å². The van der Waals surface area contributed by atoms with Crippen LogP contribution in [0.15, 0.2) is 24.3 Å². The molecule has 1 aromatic rings. The van der Waals surface area contributed by atoms with Gasteiger partial charge >= 0.3 is 5.97 Å². The van der Waals surface area contributed by atoms with Crippen molar-refractivity contribution >= 4 is 29.6 Å². The highest BCUT2D eigenvalue weighted by Gasteiger charge is 2.32. The lowest BCUT2D eigenvalue weighted by atomic mass is 9.98. The van der Waals surface area contributed by atoms with Gasteiger partial charge in [-0.1, -0.05) is 18.2 Å². The Morgan fingerprint density at radius 1 is 1.00 bits per heavy atom. The molecule has 0 aromatic heterocycles. The molecule has 2 aliphatic rings. The van der Waals surface area contributed by atoms with Crippen LogP contribution in [-0.4, -0.2) is 83.6 Å². The smallest absolute Gasteiger partial charge is 0.326 e. The van der Waals surface area contributed by atoms with Crippen molar-refractivity contribution in [1.29, 1.82) is 0 Å². The van der Waals surface area contributed by atoms with Gasteiger partial charge in [0.2, 0.25) is 11.8 Å². The number of carbonyl (C=O) groups is 5. The van der Waals surface area contributed by atoms with E-state index in [-0.39, 0.29) is 18.2 Å². The molecule has 28 heavy (non-hydrogen) atoms. The molecular weight excluding hydrogens is 366 g/mol. The molecule has 2 aliphatic heterocycles. The lowest BCUT2D eigenvalue weighted by Gasteiger charge is -2.34. The lowest BCUT2D eigenvalue weighted by molar-refractivity contribution is -0.155. The average Bonchev–Trinajstić information content (AvgIpc) is 2.69. The normalized spacial score (nSPS) is 16.7. The fourth-order valence-electron chi connectivity index (χ4n) is 3.24. The molecule has 3 rings (SSSR count). The van der Waals surface area contributed by atoms with Gasteiger partial charge in [-0.2, -0.15) is 0 Å². The van der Waals surface area contributed by atoms with Crippen molar-refractivity contribution < 1.29 is 28.7 Å². The first-order chi connectivity index (χ1) is 13.4. The van der Waals surface area contributed by atoms with E-state index in [2.05, 4.69) is 0 Å². The zero-order chi connectivity index (χ0) is 20.3. The van der Waals surface area contributed by atoms with Gasteiger partial charge < -0.3 is 14.5 Å². The highest BCUT2D eigenvalue weighted by molar-refractivity contribution is 6.11. The molecule has 9 heteroatoms. The van der Waals surface area contributed by atoms with Crippen LogP contribution >= 0.6 is 0 Å².